The fraction of sp³-hybridized carbons (Fsp3) is 0.333. The second kappa shape index (κ2) is 8.48. The quantitative estimate of drug-likeness (QED) is 0.845. The van der Waals surface area contributed by atoms with Crippen LogP contribution in [-0.2, 0) is 16.0 Å². The fourth-order valence-electron chi connectivity index (χ4n) is 2.32. The van der Waals surface area contributed by atoms with Crippen LogP contribution < -0.4 is 5.32 Å². The average molecular weight is 330 g/mol. The molecule has 1 heterocycles. The zero-order valence-corrected chi connectivity index (χ0v) is 14.4. The third kappa shape index (κ3) is 5.21. The van der Waals surface area contributed by atoms with Crippen LogP contribution in [0.5, 0.6) is 0 Å². The molecule has 0 atom stereocenters. The number of benzene rings is 1. The van der Waals surface area contributed by atoms with Gasteiger partial charge >= 0.3 is 0 Å². The number of nitrogens with zero attached hydrogens (tertiary/aromatic N) is 1. The predicted octanol–water partition coefficient (Wildman–Crippen LogP) is 3.48. The molecule has 0 unspecified atom stereocenters. The monoisotopic (exact) mass is 330 g/mol. The van der Waals surface area contributed by atoms with Crippen molar-refractivity contribution in [1.82, 2.24) is 4.90 Å². The van der Waals surface area contributed by atoms with Gasteiger partial charge in [-0.05, 0) is 47.4 Å². The molecule has 0 aliphatic rings. The maximum absolute atomic E-state index is 12.4. The first-order valence-corrected chi connectivity index (χ1v) is 8.68. The van der Waals surface area contributed by atoms with Gasteiger partial charge in [-0.25, -0.2) is 0 Å². The molecule has 2 aromatic rings. The summed E-state index contributed by atoms with van der Waals surface area (Å²) in [5, 5.41) is 6.81. The minimum absolute atomic E-state index is 0.00909. The molecule has 5 heteroatoms. The molecule has 2 rings (SSSR count). The van der Waals surface area contributed by atoms with Gasteiger partial charge in [0.15, 0.2) is 0 Å². The van der Waals surface area contributed by atoms with Crippen LogP contribution in [0.4, 0.5) is 5.69 Å². The van der Waals surface area contributed by atoms with Crippen LogP contribution in [0.15, 0.2) is 41.1 Å². The molecule has 0 saturated carbocycles. The Hall–Kier alpha value is -2.14. The van der Waals surface area contributed by atoms with Crippen molar-refractivity contribution in [2.75, 3.05) is 18.4 Å². The number of para-hydroxylation sites is 1. The first-order chi connectivity index (χ1) is 11.1. The molecule has 2 amide bonds. The van der Waals surface area contributed by atoms with Gasteiger partial charge in [-0.3, -0.25) is 9.59 Å². The summed E-state index contributed by atoms with van der Waals surface area (Å²) in [5.41, 5.74) is 2.80. The summed E-state index contributed by atoms with van der Waals surface area (Å²) < 4.78 is 0. The number of hydrogen-bond donors (Lipinski definition) is 1. The van der Waals surface area contributed by atoms with Gasteiger partial charge in [0.2, 0.25) is 11.8 Å². The van der Waals surface area contributed by atoms with Gasteiger partial charge in [-0.15, -0.1) is 0 Å². The van der Waals surface area contributed by atoms with Crippen LogP contribution in [0.3, 0.4) is 0 Å². The van der Waals surface area contributed by atoms with Crippen LogP contribution in [0.2, 0.25) is 0 Å². The molecular weight excluding hydrogens is 308 g/mol. The largest absolute Gasteiger partial charge is 0.333 e. The number of anilines is 1. The topological polar surface area (TPSA) is 49.4 Å². The Labute approximate surface area is 141 Å². The van der Waals surface area contributed by atoms with Crippen molar-refractivity contribution in [3.8, 4) is 0 Å². The lowest BCUT2D eigenvalue weighted by Gasteiger charge is -2.21. The van der Waals surface area contributed by atoms with Crippen LogP contribution in [0.25, 0.3) is 0 Å². The van der Waals surface area contributed by atoms with Crippen LogP contribution >= 0.6 is 11.3 Å². The van der Waals surface area contributed by atoms with Gasteiger partial charge in [0.1, 0.15) is 0 Å². The van der Waals surface area contributed by atoms with E-state index < -0.39 is 0 Å². The van der Waals surface area contributed by atoms with Crippen LogP contribution in [0, 0.1) is 6.92 Å². The summed E-state index contributed by atoms with van der Waals surface area (Å²) in [6.07, 6.45) is 1.17. The van der Waals surface area contributed by atoms with E-state index in [0.29, 0.717) is 13.0 Å². The maximum Gasteiger partial charge on any atom is 0.244 e. The predicted molar refractivity (Wildman–Crippen MR) is 94.7 cm³/mol. The Morgan fingerprint density at radius 3 is 2.65 bits per heavy atom. The average Bonchev–Trinajstić information content (AvgIpc) is 3.02. The Kier molecular flexibility index (Phi) is 6.35. The standard InChI is InChI=1S/C18H22N2O2S/c1-3-9-20(18(22)11-15-8-10-23-13-15)12-17(21)19-16-7-5-4-6-14(16)2/h4-8,10,13H,3,9,11-12H2,1-2H3,(H,19,21). The van der Waals surface area contributed by atoms with Gasteiger partial charge in [0.25, 0.3) is 0 Å². The molecule has 4 nitrogen and oxygen atoms in total. The van der Waals surface area contributed by atoms with Crippen molar-refractivity contribution >= 4 is 28.8 Å². The number of nitrogens with one attached hydrogen (secondary N) is 1. The minimum atomic E-state index is -0.161. The van der Waals surface area contributed by atoms with E-state index in [1.807, 2.05) is 54.9 Å². The van der Waals surface area contributed by atoms with Gasteiger partial charge < -0.3 is 10.2 Å². The van der Waals surface area contributed by atoms with Gasteiger partial charge in [0.05, 0.1) is 13.0 Å². The number of hydrogen-bond acceptors (Lipinski definition) is 3. The molecule has 0 bridgehead atoms. The van der Waals surface area contributed by atoms with Gasteiger partial charge in [0, 0.05) is 12.2 Å². The zero-order chi connectivity index (χ0) is 16.7. The minimum Gasteiger partial charge on any atom is -0.333 e. The molecule has 1 aromatic carbocycles. The smallest absolute Gasteiger partial charge is 0.244 e. The van der Waals surface area contributed by atoms with E-state index in [1.54, 1.807) is 16.2 Å². The molecule has 23 heavy (non-hydrogen) atoms. The van der Waals surface area contributed by atoms with Crippen LogP contribution in [0.1, 0.15) is 24.5 Å². The number of carbonyl (C=O) groups is 2. The molecule has 122 valence electrons. The highest BCUT2D eigenvalue weighted by molar-refractivity contribution is 7.08. The Morgan fingerprint density at radius 2 is 2.00 bits per heavy atom. The first-order valence-electron chi connectivity index (χ1n) is 7.74. The molecule has 1 N–H and O–H groups in total. The summed E-state index contributed by atoms with van der Waals surface area (Å²) >= 11 is 1.57. The van der Waals surface area contributed by atoms with E-state index in [-0.39, 0.29) is 18.4 Å². The highest BCUT2D eigenvalue weighted by atomic mass is 32.1. The van der Waals surface area contributed by atoms with E-state index in [4.69, 9.17) is 0 Å². The van der Waals surface area contributed by atoms with Crippen molar-refractivity contribution in [2.45, 2.75) is 26.7 Å². The molecule has 0 aliphatic heterocycles. The summed E-state index contributed by atoms with van der Waals surface area (Å²) in [7, 11) is 0. The number of carbonyl (C=O) groups excluding carboxylic acids is 2. The van der Waals surface area contributed by atoms with E-state index in [0.717, 1.165) is 23.2 Å². The molecule has 1 aromatic heterocycles. The van der Waals surface area contributed by atoms with E-state index in [2.05, 4.69) is 5.32 Å². The highest BCUT2D eigenvalue weighted by Crippen LogP contribution is 2.13. The summed E-state index contributed by atoms with van der Waals surface area (Å²) in [4.78, 5) is 26.3. The molecule has 0 radical (unpaired) electrons. The van der Waals surface area contributed by atoms with E-state index >= 15 is 0 Å². The maximum atomic E-state index is 12.4. The van der Waals surface area contributed by atoms with Crippen LogP contribution in [-0.4, -0.2) is 29.8 Å². The molecule has 0 fully saturated rings. The zero-order valence-electron chi connectivity index (χ0n) is 13.5. The second-order valence-corrected chi connectivity index (χ2v) is 6.27. The Bertz CT molecular complexity index is 653. The Morgan fingerprint density at radius 1 is 1.22 bits per heavy atom. The second-order valence-electron chi connectivity index (χ2n) is 5.49. The van der Waals surface area contributed by atoms with Gasteiger partial charge in [-0.1, -0.05) is 25.1 Å². The third-order valence-electron chi connectivity index (χ3n) is 3.54. The summed E-state index contributed by atoms with van der Waals surface area (Å²) in [6, 6.07) is 9.57. The number of amides is 2. The van der Waals surface area contributed by atoms with Crippen molar-refractivity contribution in [1.29, 1.82) is 0 Å². The summed E-state index contributed by atoms with van der Waals surface area (Å²) in [5.74, 6) is -0.170. The SMILES string of the molecule is CCCN(CC(=O)Nc1ccccc1C)C(=O)Cc1ccsc1. The lowest BCUT2D eigenvalue weighted by molar-refractivity contribution is -0.134. The van der Waals surface area contributed by atoms with E-state index in [9.17, 15) is 9.59 Å². The molecular formula is C18H22N2O2S. The van der Waals surface area contributed by atoms with Crippen molar-refractivity contribution in [2.24, 2.45) is 0 Å². The number of thiophene rings is 1. The van der Waals surface area contributed by atoms with Crippen molar-refractivity contribution in [3.05, 3.63) is 52.2 Å². The fourth-order valence-corrected chi connectivity index (χ4v) is 2.99. The number of rotatable bonds is 7. The lowest BCUT2D eigenvalue weighted by Crippen LogP contribution is -2.39. The lowest BCUT2D eigenvalue weighted by atomic mass is 10.2. The van der Waals surface area contributed by atoms with Crippen molar-refractivity contribution in [3.63, 3.8) is 0 Å². The van der Waals surface area contributed by atoms with E-state index in [1.165, 1.54) is 0 Å². The molecule has 0 saturated heterocycles. The Balaban J connectivity index is 1.96. The molecule has 0 spiro atoms. The van der Waals surface area contributed by atoms with Crippen molar-refractivity contribution < 1.29 is 9.59 Å². The summed E-state index contributed by atoms with van der Waals surface area (Å²) in [6.45, 7) is 4.63. The third-order valence-corrected chi connectivity index (χ3v) is 4.27. The molecule has 0 aliphatic carbocycles. The first kappa shape index (κ1) is 17.2. The normalized spacial score (nSPS) is 10.3. The van der Waals surface area contributed by atoms with Gasteiger partial charge in [-0.2, -0.15) is 11.3 Å². The highest BCUT2D eigenvalue weighted by Gasteiger charge is 2.17. The number of aryl methyl sites for hydroxylation is 1.